The Morgan fingerprint density at radius 3 is 2.88 bits per heavy atom. The molecule has 1 N–H and O–H groups in total. The van der Waals surface area contributed by atoms with Gasteiger partial charge in [-0.15, -0.1) is 12.6 Å². The van der Waals surface area contributed by atoms with Crippen molar-refractivity contribution in [3.05, 3.63) is 29.6 Å². The maximum atomic E-state index is 13.0. The number of thioether (sulfide) groups is 1. The van der Waals surface area contributed by atoms with E-state index in [4.69, 9.17) is 0 Å². The van der Waals surface area contributed by atoms with Gasteiger partial charge in [0, 0.05) is 16.5 Å². The minimum Gasteiger partial charge on any atom is -0.350 e. The van der Waals surface area contributed by atoms with E-state index in [0.717, 1.165) is 12.2 Å². The van der Waals surface area contributed by atoms with E-state index in [2.05, 4.69) is 17.9 Å². The molecule has 0 spiro atoms. The summed E-state index contributed by atoms with van der Waals surface area (Å²) < 4.78 is 13.0. The Kier molecular flexibility index (Phi) is 5.85. The molecule has 0 saturated carbocycles. The standard InChI is InChI=1S/C12H16FNOS2/c1-8(5-6-17-2)14-12(15)9-3-4-10(13)11(16)7-9/h3-4,7-8,16H,5-6H2,1-2H3,(H,14,15). The number of carbonyl (C=O) groups excluding carboxylic acids is 1. The Balaban J connectivity index is 2.60. The summed E-state index contributed by atoms with van der Waals surface area (Å²) in [5.74, 6) is 0.400. The second kappa shape index (κ2) is 6.91. The number of rotatable bonds is 5. The summed E-state index contributed by atoms with van der Waals surface area (Å²) in [6, 6.07) is 4.27. The highest BCUT2D eigenvalue weighted by Gasteiger charge is 2.10. The number of hydrogen-bond donors (Lipinski definition) is 2. The number of halogens is 1. The molecule has 1 rings (SSSR count). The first-order valence-corrected chi connectivity index (χ1v) is 7.17. The molecule has 2 nitrogen and oxygen atoms in total. The van der Waals surface area contributed by atoms with Crippen LogP contribution in [0.15, 0.2) is 23.1 Å². The van der Waals surface area contributed by atoms with Gasteiger partial charge >= 0.3 is 0 Å². The summed E-state index contributed by atoms with van der Waals surface area (Å²) >= 11 is 5.69. The fourth-order valence-corrected chi connectivity index (χ4v) is 2.13. The molecule has 0 aromatic heterocycles. The van der Waals surface area contributed by atoms with Crippen molar-refractivity contribution in [3.8, 4) is 0 Å². The molecular weight excluding hydrogens is 257 g/mol. The fourth-order valence-electron chi connectivity index (χ4n) is 1.33. The quantitative estimate of drug-likeness (QED) is 0.808. The van der Waals surface area contributed by atoms with Crippen LogP contribution in [-0.2, 0) is 0 Å². The molecule has 0 bridgehead atoms. The Hall–Kier alpha value is -0.680. The number of thiol groups is 1. The molecule has 0 aliphatic carbocycles. The van der Waals surface area contributed by atoms with E-state index in [1.165, 1.54) is 18.2 Å². The molecule has 94 valence electrons. The first-order valence-electron chi connectivity index (χ1n) is 5.33. The smallest absolute Gasteiger partial charge is 0.251 e. The van der Waals surface area contributed by atoms with Gasteiger partial charge in [-0.2, -0.15) is 11.8 Å². The first-order chi connectivity index (χ1) is 8.04. The van der Waals surface area contributed by atoms with Crippen LogP contribution in [0.25, 0.3) is 0 Å². The van der Waals surface area contributed by atoms with Gasteiger partial charge in [-0.1, -0.05) is 0 Å². The van der Waals surface area contributed by atoms with Crippen LogP contribution in [0.3, 0.4) is 0 Å². The van der Waals surface area contributed by atoms with Crippen LogP contribution < -0.4 is 5.32 Å². The predicted octanol–water partition coefficient (Wildman–Crippen LogP) is 2.99. The number of hydrogen-bond acceptors (Lipinski definition) is 3. The Morgan fingerprint density at radius 1 is 1.59 bits per heavy atom. The van der Waals surface area contributed by atoms with Crippen LogP contribution in [0.4, 0.5) is 4.39 Å². The van der Waals surface area contributed by atoms with Gasteiger partial charge in [0.05, 0.1) is 0 Å². The molecule has 0 radical (unpaired) electrons. The Labute approximate surface area is 111 Å². The van der Waals surface area contributed by atoms with Crippen molar-refractivity contribution in [2.24, 2.45) is 0 Å². The highest BCUT2D eigenvalue weighted by atomic mass is 32.2. The van der Waals surface area contributed by atoms with E-state index in [-0.39, 0.29) is 16.8 Å². The fraction of sp³-hybridized carbons (Fsp3) is 0.417. The third-order valence-corrected chi connectivity index (χ3v) is 3.33. The summed E-state index contributed by atoms with van der Waals surface area (Å²) in [5, 5.41) is 2.87. The summed E-state index contributed by atoms with van der Waals surface area (Å²) in [6.07, 6.45) is 2.95. The van der Waals surface area contributed by atoms with E-state index in [9.17, 15) is 9.18 Å². The molecular formula is C12H16FNOS2. The van der Waals surface area contributed by atoms with Crippen LogP contribution >= 0.6 is 24.4 Å². The van der Waals surface area contributed by atoms with E-state index in [1.807, 2.05) is 13.2 Å². The van der Waals surface area contributed by atoms with Crippen molar-refractivity contribution < 1.29 is 9.18 Å². The lowest BCUT2D eigenvalue weighted by molar-refractivity contribution is 0.0939. The molecule has 0 fully saturated rings. The molecule has 0 saturated heterocycles. The van der Waals surface area contributed by atoms with Crippen molar-refractivity contribution in [2.75, 3.05) is 12.0 Å². The van der Waals surface area contributed by atoms with Gasteiger partial charge < -0.3 is 5.32 Å². The summed E-state index contributed by atoms with van der Waals surface area (Å²) in [4.78, 5) is 12.0. The molecule has 0 aliphatic heterocycles. The second-order valence-electron chi connectivity index (χ2n) is 3.82. The zero-order valence-corrected chi connectivity index (χ0v) is 11.6. The molecule has 1 unspecified atom stereocenters. The maximum absolute atomic E-state index is 13.0. The van der Waals surface area contributed by atoms with Crippen LogP contribution in [0.5, 0.6) is 0 Å². The van der Waals surface area contributed by atoms with Crippen LogP contribution in [0, 0.1) is 5.82 Å². The van der Waals surface area contributed by atoms with Gasteiger partial charge in [0.15, 0.2) is 0 Å². The molecule has 1 amide bonds. The third kappa shape index (κ3) is 4.60. The van der Waals surface area contributed by atoms with Gasteiger partial charge in [0.2, 0.25) is 0 Å². The normalized spacial score (nSPS) is 12.2. The van der Waals surface area contributed by atoms with Crippen molar-refractivity contribution in [1.82, 2.24) is 5.32 Å². The van der Waals surface area contributed by atoms with Crippen LogP contribution in [0.1, 0.15) is 23.7 Å². The lowest BCUT2D eigenvalue weighted by Crippen LogP contribution is -2.32. The molecule has 17 heavy (non-hydrogen) atoms. The van der Waals surface area contributed by atoms with Gasteiger partial charge in [-0.3, -0.25) is 4.79 Å². The minimum absolute atomic E-state index is 0.114. The Morgan fingerprint density at radius 2 is 2.29 bits per heavy atom. The second-order valence-corrected chi connectivity index (χ2v) is 5.29. The number of benzene rings is 1. The predicted molar refractivity (Wildman–Crippen MR) is 73.6 cm³/mol. The topological polar surface area (TPSA) is 29.1 Å². The van der Waals surface area contributed by atoms with Crippen molar-refractivity contribution in [2.45, 2.75) is 24.3 Å². The minimum atomic E-state index is -0.416. The van der Waals surface area contributed by atoms with Gasteiger partial charge in [-0.25, -0.2) is 4.39 Å². The monoisotopic (exact) mass is 273 g/mol. The largest absolute Gasteiger partial charge is 0.350 e. The van der Waals surface area contributed by atoms with Crippen molar-refractivity contribution in [1.29, 1.82) is 0 Å². The number of nitrogens with one attached hydrogen (secondary N) is 1. The summed E-state index contributed by atoms with van der Waals surface area (Å²) in [7, 11) is 0. The van der Waals surface area contributed by atoms with E-state index in [0.29, 0.717) is 5.56 Å². The highest BCUT2D eigenvalue weighted by molar-refractivity contribution is 7.98. The first kappa shape index (κ1) is 14.4. The SMILES string of the molecule is CSCCC(C)NC(=O)c1ccc(F)c(S)c1. The van der Waals surface area contributed by atoms with E-state index in [1.54, 1.807) is 11.8 Å². The molecule has 5 heteroatoms. The summed E-state index contributed by atoms with van der Waals surface area (Å²) in [5.41, 5.74) is 0.437. The van der Waals surface area contributed by atoms with Gasteiger partial charge in [-0.05, 0) is 43.6 Å². The van der Waals surface area contributed by atoms with Crippen LogP contribution in [0.2, 0.25) is 0 Å². The van der Waals surface area contributed by atoms with E-state index >= 15 is 0 Å². The average molecular weight is 273 g/mol. The van der Waals surface area contributed by atoms with Gasteiger partial charge in [0.1, 0.15) is 5.82 Å². The number of carbonyl (C=O) groups is 1. The molecule has 1 atom stereocenters. The van der Waals surface area contributed by atoms with Gasteiger partial charge in [0.25, 0.3) is 5.91 Å². The van der Waals surface area contributed by atoms with Crippen LogP contribution in [-0.4, -0.2) is 24.0 Å². The van der Waals surface area contributed by atoms with E-state index < -0.39 is 5.82 Å². The molecule has 0 aliphatic rings. The lowest BCUT2D eigenvalue weighted by Gasteiger charge is -2.13. The third-order valence-electron chi connectivity index (χ3n) is 2.34. The lowest BCUT2D eigenvalue weighted by atomic mass is 10.2. The molecule has 1 aromatic rings. The average Bonchev–Trinajstić information content (AvgIpc) is 2.30. The number of amides is 1. The highest BCUT2D eigenvalue weighted by Crippen LogP contribution is 2.14. The zero-order valence-electron chi connectivity index (χ0n) is 9.87. The molecule has 0 heterocycles. The molecule has 1 aromatic carbocycles. The maximum Gasteiger partial charge on any atom is 0.251 e. The Bertz CT molecular complexity index is 398. The van der Waals surface area contributed by atoms with Crippen molar-refractivity contribution in [3.63, 3.8) is 0 Å². The zero-order chi connectivity index (χ0) is 12.8. The summed E-state index contributed by atoms with van der Waals surface area (Å²) in [6.45, 7) is 1.96. The van der Waals surface area contributed by atoms with Crippen molar-refractivity contribution >= 4 is 30.3 Å².